The quantitative estimate of drug-likeness (QED) is 0.507. The summed E-state index contributed by atoms with van der Waals surface area (Å²) >= 11 is 0. The second kappa shape index (κ2) is 7.72. The van der Waals surface area contributed by atoms with E-state index in [0.29, 0.717) is 5.56 Å². The average molecular weight is 374 g/mol. The molecule has 0 nitrogen and oxygen atoms in total. The van der Waals surface area contributed by atoms with E-state index in [4.69, 9.17) is 0 Å². The van der Waals surface area contributed by atoms with E-state index in [0.717, 1.165) is 11.1 Å². The van der Waals surface area contributed by atoms with Crippen molar-refractivity contribution in [3.05, 3.63) is 70.8 Å². The van der Waals surface area contributed by atoms with Gasteiger partial charge in [0.1, 0.15) is 0 Å². The van der Waals surface area contributed by atoms with Crippen molar-refractivity contribution >= 4 is 0 Å². The van der Waals surface area contributed by atoms with Gasteiger partial charge in [-0.2, -0.15) is 26.3 Å². The Kier molecular flexibility index (Phi) is 6.04. The molecule has 2 atom stereocenters. The van der Waals surface area contributed by atoms with Gasteiger partial charge in [0.25, 0.3) is 0 Å². The van der Waals surface area contributed by atoms with E-state index in [-0.39, 0.29) is 5.56 Å². The molecule has 26 heavy (non-hydrogen) atoms. The lowest BCUT2D eigenvalue weighted by atomic mass is 9.79. The van der Waals surface area contributed by atoms with Crippen LogP contribution in [0.5, 0.6) is 0 Å². The number of hydrogen-bond acceptors (Lipinski definition) is 0. The van der Waals surface area contributed by atoms with E-state index in [9.17, 15) is 26.3 Å². The first-order valence-corrected chi connectivity index (χ1v) is 8.21. The van der Waals surface area contributed by atoms with Crippen LogP contribution in [0.3, 0.4) is 0 Å². The molecule has 2 aromatic rings. The van der Waals surface area contributed by atoms with Gasteiger partial charge >= 0.3 is 12.4 Å². The van der Waals surface area contributed by atoms with Gasteiger partial charge in [0.2, 0.25) is 0 Å². The zero-order chi connectivity index (χ0) is 19.5. The maximum atomic E-state index is 13.7. The van der Waals surface area contributed by atoms with Crippen LogP contribution >= 0.6 is 0 Å². The summed E-state index contributed by atoms with van der Waals surface area (Å²) < 4.78 is 80.3. The first-order chi connectivity index (χ1) is 12.0. The summed E-state index contributed by atoms with van der Waals surface area (Å²) in [4.78, 5) is 0. The molecule has 0 amide bonds. The summed E-state index contributed by atoms with van der Waals surface area (Å²) in [6.07, 6.45) is -11.4. The van der Waals surface area contributed by atoms with Crippen LogP contribution in [0, 0.1) is 19.8 Å². The fourth-order valence-electron chi connectivity index (χ4n) is 3.02. The van der Waals surface area contributed by atoms with Gasteiger partial charge in [0.15, 0.2) is 0 Å². The van der Waals surface area contributed by atoms with Crippen molar-refractivity contribution in [2.24, 2.45) is 5.92 Å². The van der Waals surface area contributed by atoms with Gasteiger partial charge in [0.05, 0.1) is 12.3 Å². The Hall–Kier alpha value is -1.98. The van der Waals surface area contributed by atoms with Crippen LogP contribution < -0.4 is 0 Å². The lowest BCUT2D eigenvalue weighted by Gasteiger charge is -2.30. The third kappa shape index (κ3) is 5.78. The van der Waals surface area contributed by atoms with Gasteiger partial charge in [-0.25, -0.2) is 0 Å². The molecule has 6 heteroatoms. The fraction of sp³-hybridized carbons (Fsp3) is 0.400. The highest BCUT2D eigenvalue weighted by molar-refractivity contribution is 5.27. The number of alkyl halides is 6. The molecular formula is C20H20F6. The smallest absolute Gasteiger partial charge is 0.171 e. The van der Waals surface area contributed by atoms with E-state index in [1.54, 1.807) is 26.0 Å². The van der Waals surface area contributed by atoms with Crippen molar-refractivity contribution in [3.8, 4) is 0 Å². The summed E-state index contributed by atoms with van der Waals surface area (Å²) in [6, 6.07) is 12.2. The van der Waals surface area contributed by atoms with E-state index in [1.165, 1.54) is 36.4 Å². The third-order valence-corrected chi connectivity index (χ3v) is 4.44. The molecule has 0 bridgehead atoms. The average Bonchev–Trinajstić information content (AvgIpc) is 2.51. The predicted octanol–water partition coefficient (Wildman–Crippen LogP) is 6.76. The SMILES string of the molecule is Cc1ccc(CC(C(CC(F)(F)F)c2ccc(C)cc2)C(F)(F)F)cc1. The monoisotopic (exact) mass is 374 g/mol. The van der Waals surface area contributed by atoms with Crippen LogP contribution in [-0.4, -0.2) is 12.4 Å². The highest BCUT2D eigenvalue weighted by Crippen LogP contribution is 2.45. The molecule has 0 fully saturated rings. The van der Waals surface area contributed by atoms with Crippen molar-refractivity contribution in [2.45, 2.75) is 45.0 Å². The number of hydrogen-bond donors (Lipinski definition) is 0. The Morgan fingerprint density at radius 1 is 0.731 bits per heavy atom. The van der Waals surface area contributed by atoms with Crippen LogP contribution in [0.1, 0.15) is 34.6 Å². The zero-order valence-corrected chi connectivity index (χ0v) is 14.5. The number of aryl methyl sites for hydroxylation is 2. The second-order valence-electron chi connectivity index (χ2n) is 6.67. The molecule has 2 rings (SSSR count). The molecule has 2 aromatic carbocycles. The van der Waals surface area contributed by atoms with Crippen molar-refractivity contribution in [2.75, 3.05) is 0 Å². The first-order valence-electron chi connectivity index (χ1n) is 8.21. The first kappa shape index (κ1) is 20.3. The largest absolute Gasteiger partial charge is 0.392 e. The number of benzene rings is 2. The lowest BCUT2D eigenvalue weighted by molar-refractivity contribution is -0.196. The molecule has 0 saturated heterocycles. The van der Waals surface area contributed by atoms with E-state index in [2.05, 4.69) is 0 Å². The lowest BCUT2D eigenvalue weighted by Crippen LogP contribution is -2.33. The third-order valence-electron chi connectivity index (χ3n) is 4.44. The summed E-state index contributed by atoms with van der Waals surface area (Å²) in [6.45, 7) is 3.53. The summed E-state index contributed by atoms with van der Waals surface area (Å²) in [5.74, 6) is -3.80. The summed E-state index contributed by atoms with van der Waals surface area (Å²) in [5, 5.41) is 0. The van der Waals surface area contributed by atoms with Crippen molar-refractivity contribution < 1.29 is 26.3 Å². The maximum absolute atomic E-state index is 13.7. The van der Waals surface area contributed by atoms with Gasteiger partial charge in [-0.1, -0.05) is 59.7 Å². The van der Waals surface area contributed by atoms with Crippen molar-refractivity contribution in [3.63, 3.8) is 0 Å². The molecule has 2 unspecified atom stereocenters. The van der Waals surface area contributed by atoms with E-state index < -0.39 is 37.0 Å². The van der Waals surface area contributed by atoms with Crippen LogP contribution in [0.2, 0.25) is 0 Å². The predicted molar refractivity (Wildman–Crippen MR) is 89.0 cm³/mol. The minimum absolute atomic E-state index is 0.0577. The Bertz CT molecular complexity index is 695. The molecule has 0 aromatic heterocycles. The van der Waals surface area contributed by atoms with Crippen LogP contribution in [0.25, 0.3) is 0 Å². The maximum Gasteiger partial charge on any atom is 0.392 e. The van der Waals surface area contributed by atoms with Gasteiger partial charge in [0, 0.05) is 5.92 Å². The van der Waals surface area contributed by atoms with E-state index in [1.807, 2.05) is 0 Å². The number of halogens is 6. The van der Waals surface area contributed by atoms with Crippen LogP contribution in [-0.2, 0) is 6.42 Å². The topological polar surface area (TPSA) is 0 Å². The second-order valence-corrected chi connectivity index (χ2v) is 6.67. The summed E-state index contributed by atoms with van der Waals surface area (Å²) in [7, 11) is 0. The van der Waals surface area contributed by atoms with Gasteiger partial charge in [-0.15, -0.1) is 0 Å². The molecule has 0 radical (unpaired) electrons. The highest BCUT2D eigenvalue weighted by Gasteiger charge is 2.48. The summed E-state index contributed by atoms with van der Waals surface area (Å²) in [5.41, 5.74) is 2.09. The minimum atomic E-state index is -4.74. The van der Waals surface area contributed by atoms with Gasteiger partial charge < -0.3 is 0 Å². The van der Waals surface area contributed by atoms with Gasteiger partial charge in [-0.05, 0) is 31.4 Å². The fourth-order valence-corrected chi connectivity index (χ4v) is 3.02. The molecule has 0 heterocycles. The van der Waals surface area contributed by atoms with Crippen molar-refractivity contribution in [1.29, 1.82) is 0 Å². The minimum Gasteiger partial charge on any atom is -0.171 e. The Morgan fingerprint density at radius 2 is 1.19 bits per heavy atom. The van der Waals surface area contributed by atoms with Gasteiger partial charge in [-0.3, -0.25) is 0 Å². The number of rotatable bonds is 5. The molecular weight excluding hydrogens is 354 g/mol. The molecule has 0 aliphatic rings. The van der Waals surface area contributed by atoms with Crippen LogP contribution in [0.15, 0.2) is 48.5 Å². The molecule has 0 aliphatic heterocycles. The molecule has 0 N–H and O–H groups in total. The van der Waals surface area contributed by atoms with Crippen molar-refractivity contribution in [1.82, 2.24) is 0 Å². The molecule has 0 saturated carbocycles. The molecule has 0 spiro atoms. The van der Waals surface area contributed by atoms with E-state index >= 15 is 0 Å². The molecule has 142 valence electrons. The Balaban J connectivity index is 2.43. The normalized spacial score (nSPS) is 14.9. The zero-order valence-electron chi connectivity index (χ0n) is 14.5. The standard InChI is InChI=1S/C20H20F6/c1-13-3-7-15(8-4-13)11-18(20(24,25)26)17(12-19(21,22)23)16-9-5-14(2)6-10-16/h3-10,17-18H,11-12H2,1-2H3. The highest BCUT2D eigenvalue weighted by atomic mass is 19.4. The molecule has 0 aliphatic carbocycles. The van der Waals surface area contributed by atoms with Crippen LogP contribution in [0.4, 0.5) is 26.3 Å². The Morgan fingerprint density at radius 3 is 1.62 bits per heavy atom. The Labute approximate surface area is 148 Å².